The summed E-state index contributed by atoms with van der Waals surface area (Å²) in [7, 11) is 0. The van der Waals surface area contributed by atoms with E-state index in [0.29, 0.717) is 11.1 Å². The molecule has 1 saturated carbocycles. The Labute approximate surface area is 187 Å². The molecule has 0 bridgehead atoms. The Morgan fingerprint density at radius 3 is 2.29 bits per heavy atom. The van der Waals surface area contributed by atoms with Gasteiger partial charge in [0.05, 0.1) is 5.56 Å². The Morgan fingerprint density at radius 1 is 0.935 bits per heavy atom. The second-order valence-corrected chi connectivity index (χ2v) is 9.04. The minimum Gasteiger partial charge on any atom is -0.459 e. The number of aryl methyl sites for hydroxylation is 1. The maximum atomic E-state index is 14.6. The fourth-order valence-corrected chi connectivity index (χ4v) is 4.56. The van der Waals surface area contributed by atoms with Crippen LogP contribution in [0.4, 0.5) is 4.39 Å². The zero-order chi connectivity index (χ0) is 22.1. The van der Waals surface area contributed by atoms with Crippen LogP contribution < -0.4 is 0 Å². The summed E-state index contributed by atoms with van der Waals surface area (Å²) >= 11 is 0. The summed E-state index contributed by atoms with van der Waals surface area (Å²) in [5, 5.41) is 0. The van der Waals surface area contributed by atoms with Crippen molar-refractivity contribution in [1.82, 2.24) is 0 Å². The molecule has 0 unspecified atom stereocenters. The molecule has 1 aliphatic rings. The lowest BCUT2D eigenvalue weighted by Gasteiger charge is -2.28. The Morgan fingerprint density at radius 2 is 1.65 bits per heavy atom. The summed E-state index contributed by atoms with van der Waals surface area (Å²) in [6, 6.07) is 12.6. The summed E-state index contributed by atoms with van der Waals surface area (Å²) in [4.78, 5) is 12.6. The van der Waals surface area contributed by atoms with Crippen molar-refractivity contribution in [1.29, 1.82) is 0 Å². The minimum absolute atomic E-state index is 0.0303. The van der Waals surface area contributed by atoms with Crippen LogP contribution in [-0.4, -0.2) is 12.1 Å². The fraction of sp³-hybridized carbons (Fsp3) is 0.536. The summed E-state index contributed by atoms with van der Waals surface area (Å²) in [6.07, 6.45) is 12.6. The predicted octanol–water partition coefficient (Wildman–Crippen LogP) is 8.13. The molecule has 0 saturated heterocycles. The van der Waals surface area contributed by atoms with Crippen molar-refractivity contribution in [3.05, 3.63) is 59.4 Å². The predicted molar refractivity (Wildman–Crippen MR) is 126 cm³/mol. The van der Waals surface area contributed by atoms with Gasteiger partial charge >= 0.3 is 5.97 Å². The lowest BCUT2D eigenvalue weighted by Crippen LogP contribution is -2.24. The highest BCUT2D eigenvalue weighted by Gasteiger charge is 2.24. The van der Waals surface area contributed by atoms with Gasteiger partial charge in [-0.1, -0.05) is 70.2 Å². The molecule has 0 aromatic heterocycles. The van der Waals surface area contributed by atoms with E-state index in [4.69, 9.17) is 4.74 Å². The van der Waals surface area contributed by atoms with E-state index in [1.165, 1.54) is 25.7 Å². The molecule has 0 amide bonds. The summed E-state index contributed by atoms with van der Waals surface area (Å²) < 4.78 is 20.3. The molecule has 168 valence electrons. The van der Waals surface area contributed by atoms with Crippen LogP contribution in [0.2, 0.25) is 0 Å². The molecule has 0 spiro atoms. The van der Waals surface area contributed by atoms with Crippen LogP contribution in [0, 0.1) is 11.7 Å². The van der Waals surface area contributed by atoms with Crippen molar-refractivity contribution in [2.24, 2.45) is 5.92 Å². The van der Waals surface area contributed by atoms with E-state index in [2.05, 4.69) is 13.8 Å². The summed E-state index contributed by atoms with van der Waals surface area (Å²) in [5.74, 6) is 0.319. The molecule has 0 heterocycles. The quantitative estimate of drug-likeness (QED) is 0.284. The van der Waals surface area contributed by atoms with E-state index in [-0.39, 0.29) is 17.9 Å². The first kappa shape index (κ1) is 23.5. The molecule has 0 atom stereocenters. The van der Waals surface area contributed by atoms with E-state index in [1.54, 1.807) is 18.2 Å². The second kappa shape index (κ2) is 12.0. The molecule has 0 radical (unpaired) electrons. The van der Waals surface area contributed by atoms with Crippen LogP contribution in [0.3, 0.4) is 0 Å². The molecular weight excluding hydrogens is 387 g/mol. The second-order valence-electron chi connectivity index (χ2n) is 9.04. The first-order chi connectivity index (χ1) is 15.1. The van der Waals surface area contributed by atoms with Gasteiger partial charge in [-0.15, -0.1) is 0 Å². The number of carbonyl (C=O) groups excluding carboxylic acids is 1. The van der Waals surface area contributed by atoms with Crippen LogP contribution in [0.15, 0.2) is 42.5 Å². The maximum Gasteiger partial charge on any atom is 0.338 e. The van der Waals surface area contributed by atoms with Gasteiger partial charge in [0, 0.05) is 5.56 Å². The molecule has 2 aromatic rings. The smallest absolute Gasteiger partial charge is 0.338 e. The Kier molecular flexibility index (Phi) is 9.12. The normalized spacial score (nSPS) is 18.7. The van der Waals surface area contributed by atoms with E-state index in [9.17, 15) is 9.18 Å². The third kappa shape index (κ3) is 6.92. The first-order valence-electron chi connectivity index (χ1n) is 12.2. The molecule has 3 heteroatoms. The average Bonchev–Trinajstić information content (AvgIpc) is 2.79. The van der Waals surface area contributed by atoms with E-state index >= 15 is 0 Å². The van der Waals surface area contributed by atoms with Gasteiger partial charge in [0.25, 0.3) is 0 Å². The molecule has 31 heavy (non-hydrogen) atoms. The fourth-order valence-electron chi connectivity index (χ4n) is 4.56. The monoisotopic (exact) mass is 424 g/mol. The first-order valence-corrected chi connectivity index (χ1v) is 12.2. The number of esters is 1. The molecule has 2 nitrogen and oxygen atoms in total. The Hall–Kier alpha value is -2.16. The Bertz CT molecular complexity index is 819. The highest BCUT2D eigenvalue weighted by molar-refractivity contribution is 5.90. The maximum absolute atomic E-state index is 14.6. The lowest BCUT2D eigenvalue weighted by molar-refractivity contribution is 0.0161. The van der Waals surface area contributed by atoms with Gasteiger partial charge in [-0.25, -0.2) is 9.18 Å². The summed E-state index contributed by atoms with van der Waals surface area (Å²) in [6.45, 7) is 4.38. The van der Waals surface area contributed by atoms with Crippen LogP contribution in [-0.2, 0) is 11.2 Å². The van der Waals surface area contributed by atoms with Crippen LogP contribution in [0.5, 0.6) is 0 Å². The van der Waals surface area contributed by atoms with E-state index in [0.717, 1.165) is 62.0 Å². The molecule has 1 aliphatic carbocycles. The molecule has 3 rings (SSSR count). The third-order valence-corrected chi connectivity index (χ3v) is 6.57. The third-order valence-electron chi connectivity index (χ3n) is 6.57. The molecule has 0 aliphatic heterocycles. The minimum atomic E-state index is -0.267. The van der Waals surface area contributed by atoms with Crippen LogP contribution in [0.1, 0.15) is 94.0 Å². The Balaban J connectivity index is 1.53. The summed E-state index contributed by atoms with van der Waals surface area (Å²) in [5.41, 5.74) is 2.92. The number of halogens is 1. The van der Waals surface area contributed by atoms with Gasteiger partial charge in [-0.3, -0.25) is 0 Å². The number of ether oxygens (including phenoxy) is 1. The zero-order valence-corrected chi connectivity index (χ0v) is 19.2. The van der Waals surface area contributed by atoms with Gasteiger partial charge in [0.15, 0.2) is 0 Å². The van der Waals surface area contributed by atoms with Gasteiger partial charge < -0.3 is 4.74 Å². The average molecular weight is 425 g/mol. The zero-order valence-electron chi connectivity index (χ0n) is 19.2. The van der Waals surface area contributed by atoms with Crippen molar-refractivity contribution in [3.8, 4) is 11.1 Å². The van der Waals surface area contributed by atoms with Crippen molar-refractivity contribution in [2.75, 3.05) is 0 Å². The van der Waals surface area contributed by atoms with Crippen molar-refractivity contribution < 1.29 is 13.9 Å². The lowest BCUT2D eigenvalue weighted by atomic mass is 9.84. The molecule has 2 aromatic carbocycles. The van der Waals surface area contributed by atoms with Crippen molar-refractivity contribution in [2.45, 2.75) is 90.6 Å². The number of carbonyl (C=O) groups is 1. The van der Waals surface area contributed by atoms with Crippen LogP contribution >= 0.6 is 0 Å². The van der Waals surface area contributed by atoms with Crippen molar-refractivity contribution in [3.63, 3.8) is 0 Å². The van der Waals surface area contributed by atoms with Gasteiger partial charge in [-0.05, 0) is 73.8 Å². The standard InChI is InChI=1S/C28H37FO2/c1-3-5-7-9-21-10-17-25(18-11-21)31-28(30)24-15-13-23(14-16-24)26-19-12-22(8-6-4-2)20-27(26)29/h12-16,19-21,25H,3-11,17-18H2,1-2H3/t21-,25-. The number of hydrogen-bond acceptors (Lipinski definition) is 2. The van der Waals surface area contributed by atoms with Gasteiger partial charge in [-0.2, -0.15) is 0 Å². The van der Waals surface area contributed by atoms with E-state index < -0.39 is 0 Å². The molecule has 1 fully saturated rings. The van der Waals surface area contributed by atoms with Crippen LogP contribution in [0.25, 0.3) is 11.1 Å². The molecular formula is C28H37FO2. The van der Waals surface area contributed by atoms with Gasteiger partial charge in [0.2, 0.25) is 0 Å². The number of hydrogen-bond donors (Lipinski definition) is 0. The highest BCUT2D eigenvalue weighted by atomic mass is 19.1. The topological polar surface area (TPSA) is 26.3 Å². The largest absolute Gasteiger partial charge is 0.459 e. The van der Waals surface area contributed by atoms with Gasteiger partial charge in [0.1, 0.15) is 11.9 Å². The molecule has 0 N–H and O–H groups in total. The van der Waals surface area contributed by atoms with Crippen molar-refractivity contribution >= 4 is 5.97 Å². The number of unbranched alkanes of at least 4 members (excludes halogenated alkanes) is 3. The van der Waals surface area contributed by atoms with E-state index in [1.807, 2.05) is 24.3 Å². The SMILES string of the molecule is CCCCC[C@H]1CC[C@H](OC(=O)c2ccc(-c3ccc(CCCC)cc3F)cc2)CC1. The number of rotatable bonds is 10. The number of benzene rings is 2. The highest BCUT2D eigenvalue weighted by Crippen LogP contribution is 2.31.